The number of Topliss-reactive ketones (excluding diaryl/α,β-unsaturated/α-hetero) is 1. The van der Waals surface area contributed by atoms with Gasteiger partial charge in [0.15, 0.2) is 5.78 Å². The summed E-state index contributed by atoms with van der Waals surface area (Å²) in [6, 6.07) is 13.1. The molecule has 26 heavy (non-hydrogen) atoms. The van der Waals surface area contributed by atoms with Crippen LogP contribution in [0.1, 0.15) is 40.5 Å². The van der Waals surface area contributed by atoms with Crippen molar-refractivity contribution < 1.29 is 19.1 Å². The lowest BCUT2D eigenvalue weighted by Crippen LogP contribution is -2.41. The normalized spacial score (nSPS) is 10.1. The maximum absolute atomic E-state index is 11.8. The molecular weight excluding hydrogens is 356 g/mol. The van der Waals surface area contributed by atoms with Gasteiger partial charge in [-0.1, -0.05) is 11.6 Å². The van der Waals surface area contributed by atoms with Gasteiger partial charge in [0.05, 0.1) is 6.61 Å². The number of halogens is 1. The van der Waals surface area contributed by atoms with E-state index >= 15 is 0 Å². The van der Waals surface area contributed by atoms with Crippen molar-refractivity contribution in [1.82, 2.24) is 10.9 Å². The summed E-state index contributed by atoms with van der Waals surface area (Å²) in [5, 5.41) is 0.529. The van der Waals surface area contributed by atoms with Crippen molar-refractivity contribution in [3.8, 4) is 5.75 Å². The number of benzene rings is 2. The van der Waals surface area contributed by atoms with Gasteiger partial charge in [-0.2, -0.15) is 0 Å². The van der Waals surface area contributed by atoms with Gasteiger partial charge in [-0.05, 0) is 61.9 Å². The third kappa shape index (κ3) is 6.22. The lowest BCUT2D eigenvalue weighted by Gasteiger charge is -2.08. The molecule has 0 aliphatic heterocycles. The van der Waals surface area contributed by atoms with E-state index in [-0.39, 0.29) is 18.1 Å². The maximum atomic E-state index is 11.8. The van der Waals surface area contributed by atoms with Crippen LogP contribution >= 0.6 is 11.6 Å². The molecule has 0 atom stereocenters. The maximum Gasteiger partial charge on any atom is 0.269 e. The molecule has 2 rings (SSSR count). The summed E-state index contributed by atoms with van der Waals surface area (Å²) in [7, 11) is 0. The molecule has 6 nitrogen and oxygen atoms in total. The van der Waals surface area contributed by atoms with Crippen LogP contribution in [0.5, 0.6) is 5.75 Å². The molecule has 0 radical (unpaired) electrons. The molecule has 7 heteroatoms. The Labute approximate surface area is 156 Å². The average molecular weight is 375 g/mol. The number of amides is 2. The Morgan fingerprint density at radius 3 is 2.15 bits per heavy atom. The molecule has 2 N–H and O–H groups in total. The molecule has 0 aliphatic rings. The van der Waals surface area contributed by atoms with Gasteiger partial charge in [0.2, 0.25) is 5.91 Å². The first-order chi connectivity index (χ1) is 12.5. The second kappa shape index (κ2) is 9.58. The Kier molecular flexibility index (Phi) is 7.17. The van der Waals surface area contributed by atoms with Gasteiger partial charge in [-0.3, -0.25) is 25.2 Å². The van der Waals surface area contributed by atoms with Crippen LogP contribution in [0.25, 0.3) is 0 Å². The van der Waals surface area contributed by atoms with Crippen LogP contribution in [-0.2, 0) is 4.79 Å². The zero-order valence-corrected chi connectivity index (χ0v) is 15.0. The Morgan fingerprint density at radius 2 is 1.54 bits per heavy atom. The van der Waals surface area contributed by atoms with Crippen molar-refractivity contribution in [3.63, 3.8) is 0 Å². The molecular formula is C19H19ClN2O4. The van der Waals surface area contributed by atoms with E-state index in [1.54, 1.807) is 48.5 Å². The molecule has 0 heterocycles. The monoisotopic (exact) mass is 374 g/mol. The highest BCUT2D eigenvalue weighted by Crippen LogP contribution is 2.13. The second-order valence-corrected chi connectivity index (χ2v) is 5.98. The van der Waals surface area contributed by atoms with E-state index in [1.165, 1.54) is 6.92 Å². The minimum Gasteiger partial charge on any atom is -0.494 e. The standard InChI is InChI=1S/C19H19ClN2O4/c1-13(23)14-6-10-17(11-7-14)26-12-2-3-18(24)21-22-19(25)15-4-8-16(20)9-5-15/h4-11H,2-3,12H2,1H3,(H,21,24)(H,22,25). The van der Waals surface area contributed by atoms with E-state index in [9.17, 15) is 14.4 Å². The highest BCUT2D eigenvalue weighted by molar-refractivity contribution is 6.30. The summed E-state index contributed by atoms with van der Waals surface area (Å²) in [5.41, 5.74) is 5.70. The zero-order chi connectivity index (χ0) is 18.9. The molecule has 136 valence electrons. The van der Waals surface area contributed by atoms with Crippen molar-refractivity contribution in [2.75, 3.05) is 6.61 Å². The van der Waals surface area contributed by atoms with Crippen LogP contribution in [0.2, 0.25) is 5.02 Å². The predicted octanol–water partition coefficient (Wildman–Crippen LogP) is 3.16. The minimum atomic E-state index is -0.420. The molecule has 0 saturated carbocycles. The molecule has 2 aromatic rings. The fourth-order valence-electron chi connectivity index (χ4n) is 2.07. The Morgan fingerprint density at radius 1 is 0.923 bits per heavy atom. The van der Waals surface area contributed by atoms with Crippen LogP contribution in [0, 0.1) is 0 Å². The first-order valence-corrected chi connectivity index (χ1v) is 8.42. The molecule has 0 aromatic heterocycles. The number of carbonyl (C=O) groups excluding carboxylic acids is 3. The van der Waals surface area contributed by atoms with Crippen molar-refractivity contribution in [2.24, 2.45) is 0 Å². The van der Waals surface area contributed by atoms with Crippen LogP contribution in [0.3, 0.4) is 0 Å². The van der Waals surface area contributed by atoms with Crippen molar-refractivity contribution in [2.45, 2.75) is 19.8 Å². The summed E-state index contributed by atoms with van der Waals surface area (Å²) in [4.78, 5) is 34.7. The molecule has 2 amide bonds. The molecule has 0 bridgehead atoms. The third-order valence-corrected chi connectivity index (χ3v) is 3.75. The number of hydrazine groups is 1. The molecule has 0 unspecified atom stereocenters. The minimum absolute atomic E-state index is 0.00568. The van der Waals surface area contributed by atoms with Gasteiger partial charge in [0, 0.05) is 22.6 Å². The molecule has 0 saturated heterocycles. The van der Waals surface area contributed by atoms with Crippen molar-refractivity contribution in [3.05, 3.63) is 64.7 Å². The number of hydrogen-bond donors (Lipinski definition) is 2. The lowest BCUT2D eigenvalue weighted by molar-refractivity contribution is -0.122. The van der Waals surface area contributed by atoms with Crippen LogP contribution in [-0.4, -0.2) is 24.2 Å². The summed E-state index contributed by atoms with van der Waals surface area (Å²) < 4.78 is 5.51. The first-order valence-electron chi connectivity index (χ1n) is 8.04. The number of hydrogen-bond acceptors (Lipinski definition) is 4. The highest BCUT2D eigenvalue weighted by atomic mass is 35.5. The van der Waals surface area contributed by atoms with Crippen molar-refractivity contribution in [1.29, 1.82) is 0 Å². The van der Waals surface area contributed by atoms with E-state index < -0.39 is 5.91 Å². The first kappa shape index (κ1) is 19.5. The fourth-order valence-corrected chi connectivity index (χ4v) is 2.20. The number of nitrogens with one attached hydrogen (secondary N) is 2. The van der Waals surface area contributed by atoms with E-state index in [4.69, 9.17) is 16.3 Å². The van der Waals surface area contributed by atoms with Gasteiger partial charge in [-0.15, -0.1) is 0 Å². The highest BCUT2D eigenvalue weighted by Gasteiger charge is 2.07. The summed E-state index contributed by atoms with van der Waals surface area (Å²) in [6.07, 6.45) is 0.684. The molecule has 2 aromatic carbocycles. The fraction of sp³-hybridized carbons (Fsp3) is 0.211. The Hall–Kier alpha value is -2.86. The van der Waals surface area contributed by atoms with Gasteiger partial charge < -0.3 is 4.74 Å². The zero-order valence-electron chi connectivity index (χ0n) is 14.3. The largest absolute Gasteiger partial charge is 0.494 e. The SMILES string of the molecule is CC(=O)c1ccc(OCCCC(=O)NNC(=O)c2ccc(Cl)cc2)cc1. The third-order valence-electron chi connectivity index (χ3n) is 3.50. The molecule has 0 aliphatic carbocycles. The van der Waals surface area contributed by atoms with Gasteiger partial charge in [0.1, 0.15) is 5.75 Å². The van der Waals surface area contributed by atoms with Crippen LogP contribution in [0.15, 0.2) is 48.5 Å². The van der Waals surface area contributed by atoms with Gasteiger partial charge in [-0.25, -0.2) is 0 Å². The van der Waals surface area contributed by atoms with E-state index in [0.29, 0.717) is 34.9 Å². The molecule has 0 spiro atoms. The summed E-state index contributed by atoms with van der Waals surface area (Å²) in [5.74, 6) is -0.111. The van der Waals surface area contributed by atoms with Gasteiger partial charge in [0.25, 0.3) is 5.91 Å². The van der Waals surface area contributed by atoms with E-state index in [0.717, 1.165) is 0 Å². The Balaban J connectivity index is 1.65. The lowest BCUT2D eigenvalue weighted by atomic mass is 10.1. The quantitative estimate of drug-likeness (QED) is 0.443. The average Bonchev–Trinajstić information content (AvgIpc) is 2.64. The number of carbonyl (C=O) groups is 3. The second-order valence-electron chi connectivity index (χ2n) is 5.54. The number of ketones is 1. The number of rotatable bonds is 7. The predicted molar refractivity (Wildman–Crippen MR) is 98.2 cm³/mol. The topological polar surface area (TPSA) is 84.5 Å². The summed E-state index contributed by atoms with van der Waals surface area (Å²) >= 11 is 5.75. The van der Waals surface area contributed by atoms with E-state index in [1.807, 2.05) is 0 Å². The van der Waals surface area contributed by atoms with E-state index in [2.05, 4.69) is 10.9 Å². The smallest absolute Gasteiger partial charge is 0.269 e. The van der Waals surface area contributed by atoms with Crippen molar-refractivity contribution >= 4 is 29.2 Å². The Bertz CT molecular complexity index is 773. The molecule has 0 fully saturated rings. The summed E-state index contributed by atoms with van der Waals surface area (Å²) in [6.45, 7) is 1.85. The van der Waals surface area contributed by atoms with Gasteiger partial charge >= 0.3 is 0 Å². The number of ether oxygens (including phenoxy) is 1. The van der Waals surface area contributed by atoms with Crippen LogP contribution in [0.4, 0.5) is 0 Å². The van der Waals surface area contributed by atoms with Crippen LogP contribution < -0.4 is 15.6 Å².